The Morgan fingerprint density at radius 3 is 2.56 bits per heavy atom. The number of H-pyrrole nitrogens is 1. The number of nitriles is 2. The van der Waals surface area contributed by atoms with Gasteiger partial charge >= 0.3 is 0 Å². The van der Waals surface area contributed by atoms with Crippen LogP contribution < -0.4 is 5.73 Å². The van der Waals surface area contributed by atoms with Gasteiger partial charge in [-0.05, 0) is 30.7 Å². The number of hydrogen-bond acceptors (Lipinski definition) is 4. The van der Waals surface area contributed by atoms with E-state index < -0.39 is 0 Å². The summed E-state index contributed by atoms with van der Waals surface area (Å²) in [5.41, 5.74) is 7.25. The molecule has 1 aromatic rings. The van der Waals surface area contributed by atoms with Gasteiger partial charge in [-0.25, -0.2) is 0 Å². The summed E-state index contributed by atoms with van der Waals surface area (Å²) in [6.07, 6.45) is 6.87. The highest BCUT2D eigenvalue weighted by Gasteiger charge is 2.23. The van der Waals surface area contributed by atoms with Crippen molar-refractivity contribution in [1.82, 2.24) is 4.98 Å². The van der Waals surface area contributed by atoms with Gasteiger partial charge in [0.2, 0.25) is 0 Å². The molecule has 1 unspecified atom stereocenters. The van der Waals surface area contributed by atoms with E-state index in [2.05, 4.69) is 29.3 Å². The predicted molar refractivity (Wildman–Crippen MR) is 71.2 cm³/mol. The summed E-state index contributed by atoms with van der Waals surface area (Å²) >= 11 is 5.12. The number of nitrogens with zero attached hydrogens (tertiary/aromatic N) is 2. The minimum atomic E-state index is 0.151. The van der Waals surface area contributed by atoms with Crippen LogP contribution in [0.3, 0.4) is 0 Å². The van der Waals surface area contributed by atoms with Crippen LogP contribution in [0.15, 0.2) is 12.2 Å². The zero-order chi connectivity index (χ0) is 13.1. The molecule has 4 nitrogen and oxygen atoms in total. The molecule has 1 aromatic heterocycles. The summed E-state index contributed by atoms with van der Waals surface area (Å²) in [4.78, 5) is 2.72. The number of hydrogen-bond donors (Lipinski definition) is 2. The van der Waals surface area contributed by atoms with Crippen LogP contribution in [0.2, 0.25) is 0 Å². The number of aromatic amines is 1. The molecule has 1 heterocycles. The molecular weight excluding hydrogens is 244 g/mol. The number of rotatable bonds is 1. The van der Waals surface area contributed by atoms with Crippen LogP contribution in [-0.4, -0.2) is 4.98 Å². The summed E-state index contributed by atoms with van der Waals surface area (Å²) in [7, 11) is 0. The maximum atomic E-state index is 9.24. The van der Waals surface area contributed by atoms with Crippen molar-refractivity contribution in [3.8, 4) is 12.1 Å². The van der Waals surface area contributed by atoms with Crippen LogP contribution in [-0.2, 0) is 0 Å². The van der Waals surface area contributed by atoms with Crippen LogP contribution >= 0.6 is 12.2 Å². The van der Waals surface area contributed by atoms with Gasteiger partial charge in [-0.1, -0.05) is 24.4 Å². The summed E-state index contributed by atoms with van der Waals surface area (Å²) in [5.74, 6) is 0.406. The number of nitrogen functional groups attached to an aromatic ring is 1. The predicted octanol–water partition coefficient (Wildman–Crippen LogP) is 2.89. The number of aromatic nitrogens is 1. The van der Waals surface area contributed by atoms with Crippen molar-refractivity contribution in [3.63, 3.8) is 0 Å². The van der Waals surface area contributed by atoms with E-state index in [9.17, 15) is 10.5 Å². The van der Waals surface area contributed by atoms with Gasteiger partial charge in [0.25, 0.3) is 0 Å². The van der Waals surface area contributed by atoms with Gasteiger partial charge in [0.15, 0.2) is 0 Å². The van der Waals surface area contributed by atoms with Gasteiger partial charge in [0.05, 0.1) is 11.1 Å². The minimum Gasteiger partial charge on any atom is -0.384 e. The molecule has 5 heteroatoms. The molecule has 0 aromatic carbocycles. The lowest BCUT2D eigenvalue weighted by Gasteiger charge is -2.21. The lowest BCUT2D eigenvalue weighted by Crippen LogP contribution is -2.10. The molecule has 0 bridgehead atoms. The largest absolute Gasteiger partial charge is 0.384 e. The second-order valence-electron chi connectivity index (χ2n) is 4.24. The van der Waals surface area contributed by atoms with Gasteiger partial charge in [0.1, 0.15) is 22.6 Å². The normalized spacial score (nSPS) is 18.0. The highest BCUT2D eigenvalue weighted by Crippen LogP contribution is 2.35. The Morgan fingerprint density at radius 1 is 1.28 bits per heavy atom. The third kappa shape index (κ3) is 2.01. The number of pyridine rings is 1. The molecule has 18 heavy (non-hydrogen) atoms. The summed E-state index contributed by atoms with van der Waals surface area (Å²) in [5, 5.41) is 18.5. The van der Waals surface area contributed by atoms with Crippen molar-refractivity contribution in [2.24, 2.45) is 0 Å². The van der Waals surface area contributed by atoms with Crippen molar-refractivity contribution in [3.05, 3.63) is 33.5 Å². The maximum Gasteiger partial charge on any atom is 0.123 e. The Morgan fingerprint density at radius 2 is 2.00 bits per heavy atom. The Kier molecular flexibility index (Phi) is 3.45. The Labute approximate surface area is 110 Å². The van der Waals surface area contributed by atoms with E-state index in [-0.39, 0.29) is 11.7 Å². The van der Waals surface area contributed by atoms with Gasteiger partial charge in [0, 0.05) is 0 Å². The van der Waals surface area contributed by atoms with E-state index in [1.807, 2.05) is 0 Å². The average Bonchev–Trinajstić information content (AvgIpc) is 2.39. The molecule has 0 fully saturated rings. The Bertz CT molecular complexity index is 643. The molecule has 3 N–H and O–H groups in total. The third-order valence-electron chi connectivity index (χ3n) is 3.18. The molecule has 1 atom stereocenters. The molecule has 0 amide bonds. The fourth-order valence-corrected chi connectivity index (χ4v) is 2.60. The van der Waals surface area contributed by atoms with E-state index in [1.165, 1.54) is 0 Å². The van der Waals surface area contributed by atoms with Crippen molar-refractivity contribution in [2.75, 3.05) is 5.73 Å². The van der Waals surface area contributed by atoms with Gasteiger partial charge < -0.3 is 10.7 Å². The van der Waals surface area contributed by atoms with Crippen molar-refractivity contribution >= 4 is 18.0 Å². The van der Waals surface area contributed by atoms with Gasteiger partial charge in [-0.2, -0.15) is 10.5 Å². The standard InChI is InChI=1S/C13H12N4S/c14-6-9-11(8-4-2-1-3-5-8)10(7-15)13(18)17-12(9)16/h1-2,8H,3-5H2,(H3,16,17,18). The van der Waals surface area contributed by atoms with Crippen molar-refractivity contribution < 1.29 is 0 Å². The topological polar surface area (TPSA) is 89.4 Å². The lowest BCUT2D eigenvalue weighted by molar-refractivity contribution is 0.613. The first-order chi connectivity index (χ1) is 8.69. The zero-order valence-corrected chi connectivity index (χ0v) is 10.5. The van der Waals surface area contributed by atoms with E-state index in [0.29, 0.717) is 21.3 Å². The number of anilines is 1. The quantitative estimate of drug-likeness (QED) is 0.597. The molecule has 0 saturated carbocycles. The minimum absolute atomic E-state index is 0.151. The van der Waals surface area contributed by atoms with E-state index in [4.69, 9.17) is 18.0 Å². The smallest absolute Gasteiger partial charge is 0.123 e. The molecule has 0 aliphatic heterocycles. The molecule has 1 aliphatic carbocycles. The van der Waals surface area contributed by atoms with Crippen molar-refractivity contribution in [2.45, 2.75) is 25.2 Å². The molecule has 90 valence electrons. The summed E-state index contributed by atoms with van der Waals surface area (Å²) < 4.78 is 0.318. The maximum absolute atomic E-state index is 9.24. The van der Waals surface area contributed by atoms with Crippen LogP contribution in [0.1, 0.15) is 41.9 Å². The first kappa shape index (κ1) is 12.3. The summed E-state index contributed by atoms with van der Waals surface area (Å²) in [6.45, 7) is 0. The van der Waals surface area contributed by atoms with Crippen LogP contribution in [0.5, 0.6) is 0 Å². The molecular formula is C13H12N4S. The SMILES string of the molecule is N#Cc1c(N)[nH]c(=S)c(C#N)c1C1CC=CCC1. The van der Waals surface area contributed by atoms with Crippen LogP contribution in [0.4, 0.5) is 5.82 Å². The fourth-order valence-electron chi connectivity index (χ4n) is 2.34. The van der Waals surface area contributed by atoms with Crippen molar-refractivity contribution in [1.29, 1.82) is 10.5 Å². The highest BCUT2D eigenvalue weighted by molar-refractivity contribution is 7.71. The van der Waals surface area contributed by atoms with Gasteiger partial charge in [-0.3, -0.25) is 0 Å². The average molecular weight is 256 g/mol. The number of nitrogens with two attached hydrogens (primary N) is 1. The molecule has 0 spiro atoms. The van der Waals surface area contributed by atoms with E-state index >= 15 is 0 Å². The van der Waals surface area contributed by atoms with Crippen LogP contribution in [0.25, 0.3) is 0 Å². The summed E-state index contributed by atoms with van der Waals surface area (Å²) in [6, 6.07) is 4.18. The number of allylic oxidation sites excluding steroid dienone is 2. The fraction of sp³-hybridized carbons (Fsp3) is 0.308. The highest BCUT2D eigenvalue weighted by atomic mass is 32.1. The molecule has 0 radical (unpaired) electrons. The molecule has 1 aliphatic rings. The Balaban J connectivity index is 2.70. The monoisotopic (exact) mass is 256 g/mol. The Hall–Kier alpha value is -2.11. The van der Waals surface area contributed by atoms with Gasteiger partial charge in [-0.15, -0.1) is 0 Å². The zero-order valence-electron chi connectivity index (χ0n) is 9.73. The second kappa shape index (κ2) is 5.03. The second-order valence-corrected chi connectivity index (χ2v) is 4.64. The molecule has 2 rings (SSSR count). The first-order valence-electron chi connectivity index (χ1n) is 5.70. The van der Waals surface area contributed by atoms with Crippen LogP contribution in [0, 0.1) is 27.3 Å². The van der Waals surface area contributed by atoms with E-state index in [0.717, 1.165) is 19.3 Å². The van der Waals surface area contributed by atoms with E-state index in [1.54, 1.807) is 0 Å². The molecule has 0 saturated heterocycles. The lowest BCUT2D eigenvalue weighted by atomic mass is 9.83. The third-order valence-corrected chi connectivity index (χ3v) is 3.49. The first-order valence-corrected chi connectivity index (χ1v) is 6.10. The number of nitrogens with one attached hydrogen (secondary N) is 1.